The van der Waals surface area contributed by atoms with E-state index in [-0.39, 0.29) is 12.3 Å². The van der Waals surface area contributed by atoms with Crippen molar-refractivity contribution in [3.8, 4) is 16.3 Å². The summed E-state index contributed by atoms with van der Waals surface area (Å²) >= 11 is 1.58. The number of methoxy groups -OCH3 is 1. The molecule has 1 aromatic heterocycles. The van der Waals surface area contributed by atoms with E-state index < -0.39 is 0 Å². The van der Waals surface area contributed by atoms with E-state index in [1.807, 2.05) is 29.6 Å². The maximum absolute atomic E-state index is 12.4. The van der Waals surface area contributed by atoms with Crippen molar-refractivity contribution in [1.29, 1.82) is 0 Å². The van der Waals surface area contributed by atoms with Crippen LogP contribution in [0.1, 0.15) is 16.8 Å². The molecule has 1 fully saturated rings. The monoisotopic (exact) mass is 450 g/mol. The topological polar surface area (TPSA) is 57.7 Å². The first-order chi connectivity index (χ1) is 15.6. The molecule has 168 valence electrons. The third-order valence-electron chi connectivity index (χ3n) is 5.76. The standard InChI is InChI=1S/C25H30N4O2S/c1-28-11-13-29(14-12-28)17-19-7-9-20(10-8-19)25-27-22(18-32-25)15-24(30)26-16-21-5-3-4-6-23(21)31-2/h3-10,18H,11-17H2,1-2H3,(H,26,30). The van der Waals surface area contributed by atoms with E-state index in [0.29, 0.717) is 6.54 Å². The molecule has 0 atom stereocenters. The minimum absolute atomic E-state index is 0.0460. The average molecular weight is 451 g/mol. The Morgan fingerprint density at radius 1 is 1.09 bits per heavy atom. The molecule has 32 heavy (non-hydrogen) atoms. The average Bonchev–Trinajstić information content (AvgIpc) is 3.28. The van der Waals surface area contributed by atoms with E-state index in [9.17, 15) is 4.79 Å². The smallest absolute Gasteiger partial charge is 0.226 e. The van der Waals surface area contributed by atoms with Crippen molar-refractivity contribution in [1.82, 2.24) is 20.1 Å². The minimum Gasteiger partial charge on any atom is -0.496 e. The molecule has 0 bridgehead atoms. The van der Waals surface area contributed by atoms with Gasteiger partial charge in [0, 0.05) is 55.8 Å². The molecule has 1 aliphatic heterocycles. The number of hydrogen-bond donors (Lipinski definition) is 1. The van der Waals surface area contributed by atoms with Crippen molar-refractivity contribution in [2.75, 3.05) is 40.3 Å². The molecular formula is C25H30N4O2S. The fraction of sp³-hybridized carbons (Fsp3) is 0.360. The van der Waals surface area contributed by atoms with Gasteiger partial charge in [-0.1, -0.05) is 42.5 Å². The van der Waals surface area contributed by atoms with Crippen molar-refractivity contribution < 1.29 is 9.53 Å². The summed E-state index contributed by atoms with van der Waals surface area (Å²) in [4.78, 5) is 21.9. The molecule has 1 amide bonds. The van der Waals surface area contributed by atoms with Crippen LogP contribution in [0.3, 0.4) is 0 Å². The molecule has 0 radical (unpaired) electrons. The van der Waals surface area contributed by atoms with Gasteiger partial charge in [-0.3, -0.25) is 9.69 Å². The molecule has 0 aliphatic carbocycles. The highest BCUT2D eigenvalue weighted by Gasteiger charge is 2.14. The number of aromatic nitrogens is 1. The number of nitrogens with zero attached hydrogens (tertiary/aromatic N) is 3. The van der Waals surface area contributed by atoms with Gasteiger partial charge in [0.05, 0.1) is 19.2 Å². The van der Waals surface area contributed by atoms with Crippen LogP contribution < -0.4 is 10.1 Å². The Morgan fingerprint density at radius 3 is 2.59 bits per heavy atom. The number of benzene rings is 2. The van der Waals surface area contributed by atoms with Gasteiger partial charge in [0.2, 0.25) is 5.91 Å². The number of carbonyl (C=O) groups excluding carboxylic acids is 1. The summed E-state index contributed by atoms with van der Waals surface area (Å²) in [6.45, 7) is 5.93. The SMILES string of the molecule is COc1ccccc1CNC(=O)Cc1csc(-c2ccc(CN3CCN(C)CC3)cc2)n1. The highest BCUT2D eigenvalue weighted by Crippen LogP contribution is 2.25. The van der Waals surface area contributed by atoms with Crippen LogP contribution in [0.4, 0.5) is 0 Å². The van der Waals surface area contributed by atoms with E-state index in [1.54, 1.807) is 18.4 Å². The molecule has 2 aromatic carbocycles. The van der Waals surface area contributed by atoms with Crippen molar-refractivity contribution in [2.45, 2.75) is 19.5 Å². The molecule has 0 saturated carbocycles. The van der Waals surface area contributed by atoms with Crippen molar-refractivity contribution in [3.63, 3.8) is 0 Å². The number of hydrogen-bond acceptors (Lipinski definition) is 6. The van der Waals surface area contributed by atoms with Crippen LogP contribution in [0.15, 0.2) is 53.9 Å². The van der Waals surface area contributed by atoms with E-state index >= 15 is 0 Å². The lowest BCUT2D eigenvalue weighted by molar-refractivity contribution is -0.120. The lowest BCUT2D eigenvalue weighted by Crippen LogP contribution is -2.43. The maximum atomic E-state index is 12.4. The fourth-order valence-electron chi connectivity index (χ4n) is 3.81. The fourth-order valence-corrected chi connectivity index (χ4v) is 4.63. The summed E-state index contributed by atoms with van der Waals surface area (Å²) in [5.74, 6) is 0.732. The zero-order valence-electron chi connectivity index (χ0n) is 18.7. The predicted molar refractivity (Wildman–Crippen MR) is 129 cm³/mol. The maximum Gasteiger partial charge on any atom is 0.226 e. The zero-order valence-corrected chi connectivity index (χ0v) is 19.5. The molecule has 1 aliphatic rings. The summed E-state index contributed by atoms with van der Waals surface area (Å²) in [5.41, 5.74) is 4.17. The van der Waals surface area contributed by atoms with Crippen molar-refractivity contribution >= 4 is 17.2 Å². The number of nitrogens with one attached hydrogen (secondary N) is 1. The molecule has 7 heteroatoms. The van der Waals surface area contributed by atoms with Crippen LogP contribution in [-0.4, -0.2) is 61.0 Å². The Kier molecular flexibility index (Phi) is 7.52. The lowest BCUT2D eigenvalue weighted by Gasteiger charge is -2.32. The van der Waals surface area contributed by atoms with Gasteiger partial charge in [-0.2, -0.15) is 0 Å². The van der Waals surface area contributed by atoms with E-state index in [0.717, 1.165) is 60.3 Å². The molecule has 0 spiro atoms. The van der Waals surface area contributed by atoms with Gasteiger partial charge >= 0.3 is 0 Å². The van der Waals surface area contributed by atoms with E-state index in [1.165, 1.54) is 5.56 Å². The van der Waals surface area contributed by atoms with Crippen LogP contribution in [0.25, 0.3) is 10.6 Å². The molecule has 4 rings (SSSR count). The van der Waals surface area contributed by atoms with Gasteiger partial charge in [0.25, 0.3) is 0 Å². The van der Waals surface area contributed by atoms with Gasteiger partial charge < -0.3 is 15.0 Å². The van der Waals surface area contributed by atoms with Crippen molar-refractivity contribution in [3.05, 3.63) is 70.7 Å². The quantitative estimate of drug-likeness (QED) is 0.570. The highest BCUT2D eigenvalue weighted by atomic mass is 32.1. The van der Waals surface area contributed by atoms with Gasteiger partial charge in [-0.25, -0.2) is 4.98 Å². The van der Waals surface area contributed by atoms with E-state index in [2.05, 4.69) is 51.4 Å². The van der Waals surface area contributed by atoms with Crippen LogP contribution in [0.2, 0.25) is 0 Å². The number of piperazine rings is 1. The Hall–Kier alpha value is -2.74. The van der Waals surface area contributed by atoms with Crippen LogP contribution in [0, 0.1) is 0 Å². The van der Waals surface area contributed by atoms with Crippen LogP contribution >= 0.6 is 11.3 Å². The number of thiazole rings is 1. The first-order valence-electron chi connectivity index (χ1n) is 10.9. The second-order valence-electron chi connectivity index (χ2n) is 8.19. The predicted octanol–water partition coefficient (Wildman–Crippen LogP) is 3.43. The molecule has 3 aromatic rings. The number of para-hydroxylation sites is 1. The third kappa shape index (κ3) is 5.94. The first kappa shape index (κ1) is 22.5. The van der Waals surface area contributed by atoms with Crippen LogP contribution in [-0.2, 0) is 24.3 Å². The zero-order chi connectivity index (χ0) is 22.3. The van der Waals surface area contributed by atoms with Gasteiger partial charge in [0.1, 0.15) is 10.8 Å². The summed E-state index contributed by atoms with van der Waals surface area (Å²) in [7, 11) is 3.81. The second-order valence-corrected chi connectivity index (χ2v) is 9.04. The minimum atomic E-state index is -0.0460. The molecule has 0 unspecified atom stereocenters. The number of rotatable bonds is 8. The number of likely N-dealkylation sites (N-methyl/N-ethyl adjacent to an activating group) is 1. The molecule has 1 saturated heterocycles. The number of amides is 1. The summed E-state index contributed by atoms with van der Waals surface area (Å²) < 4.78 is 5.34. The molecular weight excluding hydrogens is 420 g/mol. The molecule has 1 N–H and O–H groups in total. The number of ether oxygens (including phenoxy) is 1. The second kappa shape index (κ2) is 10.7. The Labute approximate surface area is 193 Å². The van der Waals surface area contributed by atoms with Crippen molar-refractivity contribution in [2.24, 2.45) is 0 Å². The molecule has 2 heterocycles. The Bertz CT molecular complexity index is 1030. The Balaban J connectivity index is 1.29. The normalized spacial score (nSPS) is 14.9. The number of carbonyl (C=O) groups is 1. The van der Waals surface area contributed by atoms with Gasteiger partial charge in [-0.15, -0.1) is 11.3 Å². The molecule has 6 nitrogen and oxygen atoms in total. The van der Waals surface area contributed by atoms with E-state index in [4.69, 9.17) is 4.74 Å². The van der Waals surface area contributed by atoms with Gasteiger partial charge in [0.15, 0.2) is 0 Å². The van der Waals surface area contributed by atoms with Crippen LogP contribution in [0.5, 0.6) is 5.75 Å². The lowest BCUT2D eigenvalue weighted by atomic mass is 10.1. The summed E-state index contributed by atoms with van der Waals surface area (Å²) in [6.07, 6.45) is 0.271. The largest absolute Gasteiger partial charge is 0.496 e. The third-order valence-corrected chi connectivity index (χ3v) is 6.71. The highest BCUT2D eigenvalue weighted by molar-refractivity contribution is 7.13. The summed E-state index contributed by atoms with van der Waals surface area (Å²) in [5, 5.41) is 5.87. The Morgan fingerprint density at radius 2 is 1.84 bits per heavy atom. The first-order valence-corrected chi connectivity index (χ1v) is 11.8. The summed E-state index contributed by atoms with van der Waals surface area (Å²) in [6, 6.07) is 16.3. The van der Waals surface area contributed by atoms with Gasteiger partial charge in [-0.05, 0) is 18.7 Å².